The molecule has 172 valence electrons. The molecule has 1 amide bonds. The number of halogens is 3. The molecule has 0 fully saturated rings. The fraction of sp³-hybridized carbons (Fsp3) is 0.579. The number of Topliss-reactive ketones (excluding diaryl/α,β-unsaturated/α-hetero) is 1. The molecule has 1 aromatic heterocycles. The van der Waals surface area contributed by atoms with Crippen LogP contribution in [0, 0.1) is 5.92 Å². The van der Waals surface area contributed by atoms with Crippen LogP contribution >= 0.6 is 0 Å². The Kier molecular flexibility index (Phi) is 7.47. The highest BCUT2D eigenvalue weighted by molar-refractivity contribution is 5.91. The third-order valence-electron chi connectivity index (χ3n) is 5.47. The molecule has 2 heterocycles. The summed E-state index contributed by atoms with van der Waals surface area (Å²) in [7, 11) is 1.71. The molecular formula is C19H24F3N3O6. The minimum Gasteiger partial charge on any atom is -0.481 e. The Bertz CT molecular complexity index is 867. The van der Waals surface area contributed by atoms with E-state index in [1.54, 1.807) is 14.0 Å². The summed E-state index contributed by atoms with van der Waals surface area (Å²) in [5.41, 5.74) is 1.98. The van der Waals surface area contributed by atoms with Gasteiger partial charge in [0.2, 0.25) is 5.91 Å². The molecule has 4 N–H and O–H groups in total. The Morgan fingerprint density at radius 2 is 1.87 bits per heavy atom. The van der Waals surface area contributed by atoms with E-state index in [0.29, 0.717) is 13.0 Å². The summed E-state index contributed by atoms with van der Waals surface area (Å²) in [5.74, 6) is -5.12. The van der Waals surface area contributed by atoms with E-state index in [1.807, 2.05) is 16.8 Å². The van der Waals surface area contributed by atoms with Gasteiger partial charge in [-0.25, -0.2) is 4.79 Å². The van der Waals surface area contributed by atoms with Crippen LogP contribution < -0.4 is 10.6 Å². The molecule has 0 saturated heterocycles. The number of rotatable bonds is 4. The van der Waals surface area contributed by atoms with E-state index in [9.17, 15) is 32.7 Å². The van der Waals surface area contributed by atoms with E-state index in [4.69, 9.17) is 9.90 Å². The van der Waals surface area contributed by atoms with Gasteiger partial charge in [-0.15, -0.1) is 0 Å². The molecule has 2 aliphatic rings. The van der Waals surface area contributed by atoms with Crippen LogP contribution in [-0.2, 0) is 32.1 Å². The lowest BCUT2D eigenvalue weighted by Crippen LogP contribution is -2.50. The zero-order valence-electron chi connectivity index (χ0n) is 16.9. The van der Waals surface area contributed by atoms with Gasteiger partial charge in [-0.05, 0) is 38.4 Å². The molecule has 9 nitrogen and oxygen atoms in total. The summed E-state index contributed by atoms with van der Waals surface area (Å²) in [6, 6.07) is 1.34. The Hall–Kier alpha value is -2.89. The van der Waals surface area contributed by atoms with Crippen LogP contribution in [0.1, 0.15) is 36.9 Å². The lowest BCUT2D eigenvalue weighted by atomic mass is 9.79. The van der Waals surface area contributed by atoms with Crippen LogP contribution in [0.5, 0.6) is 0 Å². The summed E-state index contributed by atoms with van der Waals surface area (Å²) in [6.07, 6.45) is -1.74. The number of alkyl halides is 3. The minimum atomic E-state index is -5.08. The fourth-order valence-corrected chi connectivity index (χ4v) is 3.76. The molecule has 0 bridgehead atoms. The summed E-state index contributed by atoms with van der Waals surface area (Å²) in [5, 5.41) is 22.4. The number of aromatic nitrogens is 1. The van der Waals surface area contributed by atoms with Gasteiger partial charge >= 0.3 is 18.1 Å². The Morgan fingerprint density at radius 3 is 2.39 bits per heavy atom. The van der Waals surface area contributed by atoms with Crippen LogP contribution in [0.2, 0.25) is 0 Å². The molecule has 0 aromatic carbocycles. The number of carboxylic acids is 2. The van der Waals surface area contributed by atoms with Crippen LogP contribution in [0.3, 0.4) is 0 Å². The number of nitrogens with zero attached hydrogens (tertiary/aromatic N) is 1. The second kappa shape index (κ2) is 9.50. The maximum Gasteiger partial charge on any atom is 0.490 e. The highest BCUT2D eigenvalue weighted by atomic mass is 19.4. The van der Waals surface area contributed by atoms with Gasteiger partial charge < -0.3 is 25.4 Å². The van der Waals surface area contributed by atoms with E-state index in [1.165, 1.54) is 0 Å². The number of amides is 1. The number of hydrogen-bond donors (Lipinski definition) is 4. The van der Waals surface area contributed by atoms with Crippen molar-refractivity contribution >= 4 is 23.6 Å². The molecule has 1 aromatic rings. The van der Waals surface area contributed by atoms with Gasteiger partial charge in [-0.1, -0.05) is 0 Å². The molecule has 31 heavy (non-hydrogen) atoms. The van der Waals surface area contributed by atoms with Gasteiger partial charge in [0, 0.05) is 30.9 Å². The molecule has 0 saturated carbocycles. The smallest absolute Gasteiger partial charge is 0.481 e. The number of ketones is 1. The van der Waals surface area contributed by atoms with Crippen molar-refractivity contribution in [2.24, 2.45) is 5.92 Å². The highest BCUT2D eigenvalue weighted by Gasteiger charge is 2.42. The minimum absolute atomic E-state index is 0.00900. The van der Waals surface area contributed by atoms with Gasteiger partial charge in [-0.2, -0.15) is 13.2 Å². The summed E-state index contributed by atoms with van der Waals surface area (Å²) in [4.78, 5) is 45.4. The standard InChI is InChI=1S/C17H23N3O4.C2HF3O2/c1-9(18-2)16(22)19-12-4-3-10-5-6-20-8-11(17(23)24)7-13(21)14(12)15(10)20;3-2(4,5)1(6)7/h5-6,9,11-12,14,18H,3-4,7-8H2,1-2H3,(H,19,22)(H,23,24);(H,6,7). The predicted molar refractivity (Wildman–Crippen MR) is 100 cm³/mol. The molecule has 4 unspecified atom stereocenters. The third-order valence-corrected chi connectivity index (χ3v) is 5.47. The van der Waals surface area contributed by atoms with Crippen molar-refractivity contribution in [2.75, 3.05) is 7.05 Å². The van der Waals surface area contributed by atoms with Gasteiger partial charge in [-0.3, -0.25) is 14.4 Å². The Labute approximate surface area is 175 Å². The Balaban J connectivity index is 0.000000423. The number of aliphatic carboxylic acids is 2. The van der Waals surface area contributed by atoms with Crippen LogP contribution in [-0.4, -0.2) is 63.7 Å². The molecule has 0 radical (unpaired) electrons. The monoisotopic (exact) mass is 447 g/mol. The second-order valence-corrected chi connectivity index (χ2v) is 7.53. The first-order valence-electron chi connectivity index (χ1n) is 9.58. The average Bonchev–Trinajstić information content (AvgIpc) is 3.01. The maximum absolute atomic E-state index is 12.8. The first-order chi connectivity index (χ1) is 14.4. The van der Waals surface area contributed by atoms with Crippen molar-refractivity contribution in [2.45, 2.75) is 56.9 Å². The van der Waals surface area contributed by atoms with Gasteiger partial charge in [0.1, 0.15) is 5.78 Å². The van der Waals surface area contributed by atoms with E-state index >= 15 is 0 Å². The number of hydrogen-bond acceptors (Lipinski definition) is 5. The fourth-order valence-electron chi connectivity index (χ4n) is 3.76. The van der Waals surface area contributed by atoms with E-state index in [-0.39, 0.29) is 30.2 Å². The topological polar surface area (TPSA) is 138 Å². The highest BCUT2D eigenvalue weighted by Crippen LogP contribution is 2.37. The second-order valence-electron chi connectivity index (χ2n) is 7.53. The van der Waals surface area contributed by atoms with E-state index < -0.39 is 30.0 Å². The van der Waals surface area contributed by atoms with Crippen LogP contribution in [0.25, 0.3) is 0 Å². The summed E-state index contributed by atoms with van der Waals surface area (Å²) < 4.78 is 33.6. The van der Waals surface area contributed by atoms with Crippen molar-refractivity contribution in [3.63, 3.8) is 0 Å². The first kappa shape index (κ1) is 24.4. The number of carboxylic acid groups (broad SMARTS) is 2. The van der Waals surface area contributed by atoms with Crippen molar-refractivity contribution in [3.8, 4) is 0 Å². The van der Waals surface area contributed by atoms with Gasteiger partial charge in [0.05, 0.1) is 17.9 Å². The molecule has 1 aliphatic carbocycles. The molecular weight excluding hydrogens is 423 g/mol. The largest absolute Gasteiger partial charge is 0.490 e. The SMILES string of the molecule is CNC(C)C(=O)NC1CCc2ccn3c2C1C(=O)CC(C(=O)O)C3.O=C(O)C(F)(F)F. The molecule has 1 aliphatic heterocycles. The Morgan fingerprint density at radius 1 is 1.26 bits per heavy atom. The molecule has 0 spiro atoms. The first-order valence-corrected chi connectivity index (χ1v) is 9.58. The predicted octanol–water partition coefficient (Wildman–Crippen LogP) is 0.917. The summed E-state index contributed by atoms with van der Waals surface area (Å²) >= 11 is 0. The molecule has 3 rings (SSSR count). The molecule has 12 heteroatoms. The normalized spacial score (nSPS) is 23.5. The zero-order chi connectivity index (χ0) is 23.5. The van der Waals surface area contributed by atoms with Crippen LogP contribution in [0.15, 0.2) is 12.3 Å². The number of carbonyl (C=O) groups excluding carboxylic acids is 2. The number of carbonyl (C=O) groups is 4. The van der Waals surface area contributed by atoms with E-state index in [0.717, 1.165) is 17.7 Å². The average molecular weight is 447 g/mol. The number of nitrogens with one attached hydrogen (secondary N) is 2. The van der Waals surface area contributed by atoms with Crippen molar-refractivity contribution in [1.82, 2.24) is 15.2 Å². The zero-order valence-corrected chi connectivity index (χ0v) is 16.9. The molecule has 4 atom stereocenters. The van der Waals surface area contributed by atoms with E-state index in [2.05, 4.69) is 10.6 Å². The number of likely N-dealkylation sites (N-methyl/N-ethyl adjacent to an activating group) is 1. The van der Waals surface area contributed by atoms with Gasteiger partial charge in [0.15, 0.2) is 0 Å². The lowest BCUT2D eigenvalue weighted by Gasteiger charge is -2.32. The third kappa shape index (κ3) is 5.63. The van der Waals surface area contributed by atoms with Crippen LogP contribution in [0.4, 0.5) is 13.2 Å². The van der Waals surface area contributed by atoms with Gasteiger partial charge in [0.25, 0.3) is 0 Å². The van der Waals surface area contributed by atoms with Crippen molar-refractivity contribution < 1.29 is 42.6 Å². The van der Waals surface area contributed by atoms with Crippen molar-refractivity contribution in [3.05, 3.63) is 23.5 Å². The lowest BCUT2D eigenvalue weighted by molar-refractivity contribution is -0.192. The maximum atomic E-state index is 12.8. The van der Waals surface area contributed by atoms with Crippen molar-refractivity contribution in [1.29, 1.82) is 0 Å². The summed E-state index contributed by atoms with van der Waals surface area (Å²) in [6.45, 7) is 2.07. The quantitative estimate of drug-likeness (QED) is 0.539. The number of aryl methyl sites for hydroxylation is 1.